The maximum absolute atomic E-state index is 12.6. The summed E-state index contributed by atoms with van der Waals surface area (Å²) >= 11 is 0. The predicted octanol–water partition coefficient (Wildman–Crippen LogP) is 2.09. The number of nitrogens with one attached hydrogen (secondary N) is 1. The van der Waals surface area contributed by atoms with Gasteiger partial charge in [0.1, 0.15) is 0 Å². The highest BCUT2D eigenvalue weighted by Gasteiger charge is 2.25. The molecule has 1 fully saturated rings. The van der Waals surface area contributed by atoms with Crippen molar-refractivity contribution in [3.8, 4) is 0 Å². The molecule has 25 heavy (non-hydrogen) atoms. The summed E-state index contributed by atoms with van der Waals surface area (Å²) in [5.74, 6) is 0. The molecule has 0 radical (unpaired) electrons. The molecule has 3 N–H and O–H groups in total. The first-order valence-corrected chi connectivity index (χ1v) is 10.1. The molecule has 1 heterocycles. The van der Waals surface area contributed by atoms with E-state index in [1.165, 1.54) is 5.56 Å². The summed E-state index contributed by atoms with van der Waals surface area (Å²) < 4.78 is 28.1. The monoisotopic (exact) mass is 359 g/mol. The minimum atomic E-state index is -3.50. The molecule has 0 spiro atoms. The van der Waals surface area contributed by atoms with Gasteiger partial charge < -0.3 is 5.73 Å². The molecule has 0 saturated carbocycles. The number of hydrogen-bond acceptors (Lipinski definition) is 4. The number of nitrogens with zero attached hydrogens (tertiary/aromatic N) is 1. The standard InChI is InChI=1S/C19H25N3O2S/c20-13-16-8-10-19(11-9-16)25(23,24)21-18-7-4-12-22(15-18)14-17-5-2-1-3-6-17/h1-3,5-6,8-11,18,21H,4,7,12-15,20H2. The van der Waals surface area contributed by atoms with Crippen LogP contribution in [-0.4, -0.2) is 32.4 Å². The second kappa shape index (κ2) is 8.10. The topological polar surface area (TPSA) is 75.4 Å². The summed E-state index contributed by atoms with van der Waals surface area (Å²) in [6.07, 6.45) is 1.86. The lowest BCUT2D eigenvalue weighted by Gasteiger charge is -2.33. The van der Waals surface area contributed by atoms with E-state index in [9.17, 15) is 8.42 Å². The molecule has 134 valence electrons. The third-order valence-corrected chi connectivity index (χ3v) is 6.08. The summed E-state index contributed by atoms with van der Waals surface area (Å²) in [5.41, 5.74) is 7.74. The fourth-order valence-electron chi connectivity index (χ4n) is 3.23. The lowest BCUT2D eigenvalue weighted by Crippen LogP contribution is -2.47. The first-order chi connectivity index (χ1) is 12.1. The summed E-state index contributed by atoms with van der Waals surface area (Å²) in [4.78, 5) is 2.61. The molecule has 3 rings (SSSR count). The second-order valence-corrected chi connectivity index (χ2v) is 8.24. The van der Waals surface area contributed by atoms with E-state index < -0.39 is 10.0 Å². The molecule has 6 heteroatoms. The second-order valence-electron chi connectivity index (χ2n) is 6.53. The van der Waals surface area contributed by atoms with Crippen molar-refractivity contribution in [3.05, 3.63) is 65.7 Å². The van der Waals surface area contributed by atoms with Gasteiger partial charge in [0.2, 0.25) is 10.0 Å². The highest BCUT2D eigenvalue weighted by atomic mass is 32.2. The fourth-order valence-corrected chi connectivity index (χ4v) is 4.49. The summed E-state index contributed by atoms with van der Waals surface area (Å²) in [7, 11) is -3.50. The van der Waals surface area contributed by atoms with Crippen molar-refractivity contribution in [2.75, 3.05) is 13.1 Å². The van der Waals surface area contributed by atoms with Crippen molar-refractivity contribution in [2.24, 2.45) is 5.73 Å². The molecule has 0 amide bonds. The normalized spacial score (nSPS) is 19.0. The highest BCUT2D eigenvalue weighted by molar-refractivity contribution is 7.89. The third-order valence-electron chi connectivity index (χ3n) is 4.55. The summed E-state index contributed by atoms with van der Waals surface area (Å²) in [5, 5.41) is 0. The van der Waals surface area contributed by atoms with Gasteiger partial charge in [-0.2, -0.15) is 0 Å². The number of nitrogens with two attached hydrogens (primary N) is 1. The number of benzene rings is 2. The predicted molar refractivity (Wildman–Crippen MR) is 99.4 cm³/mol. The molecule has 2 aromatic rings. The fraction of sp³-hybridized carbons (Fsp3) is 0.368. The third kappa shape index (κ3) is 4.89. The Morgan fingerprint density at radius 2 is 1.76 bits per heavy atom. The molecule has 5 nitrogen and oxygen atoms in total. The zero-order chi connectivity index (χ0) is 17.7. The van der Waals surface area contributed by atoms with E-state index >= 15 is 0 Å². The smallest absolute Gasteiger partial charge is 0.240 e. The largest absolute Gasteiger partial charge is 0.326 e. The Kier molecular flexibility index (Phi) is 5.86. The van der Waals surface area contributed by atoms with Gasteiger partial charge in [-0.25, -0.2) is 13.1 Å². The van der Waals surface area contributed by atoms with Crippen LogP contribution in [0.15, 0.2) is 59.5 Å². The first kappa shape index (κ1) is 18.1. The quantitative estimate of drug-likeness (QED) is 0.828. The van der Waals surface area contributed by atoms with Crippen LogP contribution in [0.1, 0.15) is 24.0 Å². The van der Waals surface area contributed by atoms with E-state index in [0.29, 0.717) is 11.4 Å². The summed E-state index contributed by atoms with van der Waals surface area (Å²) in [6.45, 7) is 2.99. The van der Waals surface area contributed by atoms with Crippen LogP contribution in [0.5, 0.6) is 0 Å². The molecule has 1 aliphatic heterocycles. The maximum atomic E-state index is 12.6. The molecule has 0 aromatic heterocycles. The Hall–Kier alpha value is -1.73. The van der Waals surface area contributed by atoms with E-state index in [2.05, 4.69) is 21.8 Å². The van der Waals surface area contributed by atoms with Crippen molar-refractivity contribution < 1.29 is 8.42 Å². The van der Waals surface area contributed by atoms with Crippen LogP contribution in [0.25, 0.3) is 0 Å². The average molecular weight is 359 g/mol. The van der Waals surface area contributed by atoms with Crippen LogP contribution in [0, 0.1) is 0 Å². The van der Waals surface area contributed by atoms with Crippen molar-refractivity contribution in [1.29, 1.82) is 0 Å². The SMILES string of the molecule is NCc1ccc(S(=O)(=O)NC2CCCN(Cc3ccccc3)C2)cc1. The Balaban J connectivity index is 1.63. The zero-order valence-electron chi connectivity index (χ0n) is 14.3. The van der Waals surface area contributed by atoms with Crippen LogP contribution in [0.3, 0.4) is 0 Å². The summed E-state index contributed by atoms with van der Waals surface area (Å²) in [6, 6.07) is 17.0. The van der Waals surface area contributed by atoms with E-state index in [4.69, 9.17) is 5.73 Å². The van der Waals surface area contributed by atoms with Gasteiger partial charge in [0.25, 0.3) is 0 Å². The van der Waals surface area contributed by atoms with Crippen molar-refractivity contribution in [1.82, 2.24) is 9.62 Å². The van der Waals surface area contributed by atoms with Crippen LogP contribution >= 0.6 is 0 Å². The van der Waals surface area contributed by atoms with Gasteiger partial charge in [0, 0.05) is 25.7 Å². The van der Waals surface area contributed by atoms with E-state index in [1.807, 2.05) is 18.2 Å². The molecule has 1 unspecified atom stereocenters. The van der Waals surface area contributed by atoms with Crippen LogP contribution in [0.2, 0.25) is 0 Å². The van der Waals surface area contributed by atoms with Gasteiger partial charge in [-0.15, -0.1) is 0 Å². The van der Waals surface area contributed by atoms with Gasteiger partial charge in [-0.1, -0.05) is 42.5 Å². The van der Waals surface area contributed by atoms with Crippen molar-refractivity contribution in [2.45, 2.75) is 36.9 Å². The molecule has 2 aromatic carbocycles. The number of likely N-dealkylation sites (tertiary alicyclic amines) is 1. The van der Waals surface area contributed by atoms with Gasteiger partial charge in [-0.3, -0.25) is 4.90 Å². The molecule has 1 saturated heterocycles. The van der Waals surface area contributed by atoms with Gasteiger partial charge in [0.15, 0.2) is 0 Å². The molecule has 1 atom stereocenters. The van der Waals surface area contributed by atoms with Gasteiger partial charge >= 0.3 is 0 Å². The van der Waals surface area contributed by atoms with Crippen LogP contribution < -0.4 is 10.5 Å². The van der Waals surface area contributed by atoms with E-state index in [0.717, 1.165) is 38.0 Å². The minimum absolute atomic E-state index is 0.0587. The Bertz CT molecular complexity index is 776. The highest BCUT2D eigenvalue weighted by Crippen LogP contribution is 2.17. The number of piperidine rings is 1. The molecule has 0 bridgehead atoms. The lowest BCUT2D eigenvalue weighted by molar-refractivity contribution is 0.194. The molecular weight excluding hydrogens is 334 g/mol. The number of sulfonamides is 1. The van der Waals surface area contributed by atoms with Gasteiger partial charge in [-0.05, 0) is 42.6 Å². The molecular formula is C19H25N3O2S. The average Bonchev–Trinajstić information content (AvgIpc) is 2.62. The van der Waals surface area contributed by atoms with Crippen LogP contribution in [-0.2, 0) is 23.1 Å². The number of rotatable bonds is 6. The number of hydrogen-bond donors (Lipinski definition) is 2. The van der Waals surface area contributed by atoms with Crippen molar-refractivity contribution in [3.63, 3.8) is 0 Å². The Morgan fingerprint density at radius 3 is 2.44 bits per heavy atom. The molecule has 1 aliphatic rings. The maximum Gasteiger partial charge on any atom is 0.240 e. The Morgan fingerprint density at radius 1 is 1.04 bits per heavy atom. The zero-order valence-corrected chi connectivity index (χ0v) is 15.1. The van der Waals surface area contributed by atoms with Crippen LogP contribution in [0.4, 0.5) is 0 Å². The first-order valence-electron chi connectivity index (χ1n) is 8.64. The Labute approximate surface area is 149 Å². The van der Waals surface area contributed by atoms with Gasteiger partial charge in [0.05, 0.1) is 4.90 Å². The molecule has 0 aliphatic carbocycles. The lowest BCUT2D eigenvalue weighted by atomic mass is 10.1. The van der Waals surface area contributed by atoms with E-state index in [1.54, 1.807) is 24.3 Å². The van der Waals surface area contributed by atoms with E-state index in [-0.39, 0.29) is 6.04 Å². The van der Waals surface area contributed by atoms with Crippen molar-refractivity contribution >= 4 is 10.0 Å². The minimum Gasteiger partial charge on any atom is -0.326 e.